The third kappa shape index (κ3) is 3.14. The number of aliphatic hydroxyl groups is 1. The fourth-order valence-corrected chi connectivity index (χ4v) is 9.13. The molecule has 10 atom stereocenters. The molecule has 0 aromatic heterocycles. The number of ether oxygens (including phenoxy) is 1. The number of aliphatic hydroxyl groups excluding tert-OH is 1. The van der Waals surface area contributed by atoms with Gasteiger partial charge < -0.3 is 15.2 Å². The number of Topliss-reactive ketones (excluding diaryl/α,β-unsaturated/α-hetero) is 2. The Morgan fingerprint density at radius 1 is 1.18 bits per heavy atom. The number of epoxide rings is 1. The number of nitrogens with one attached hydrogen (secondary N) is 1. The maximum absolute atomic E-state index is 14.7. The summed E-state index contributed by atoms with van der Waals surface area (Å²) in [6.45, 7) is 8.69. The molecule has 1 aromatic carbocycles. The van der Waals surface area contributed by atoms with E-state index in [9.17, 15) is 19.5 Å². The first-order valence-corrected chi connectivity index (χ1v) is 14.3. The van der Waals surface area contributed by atoms with Crippen LogP contribution in [0.5, 0.6) is 0 Å². The summed E-state index contributed by atoms with van der Waals surface area (Å²) in [5.41, 5.74) is 0.116. The van der Waals surface area contributed by atoms with Crippen LogP contribution in [-0.4, -0.2) is 46.9 Å². The molecule has 0 bridgehead atoms. The molecule has 3 aliphatic carbocycles. The number of benzene rings is 1. The van der Waals surface area contributed by atoms with Gasteiger partial charge in [-0.3, -0.25) is 19.4 Å². The summed E-state index contributed by atoms with van der Waals surface area (Å²) in [5.74, 6) is -2.49. The first kappa shape index (κ1) is 24.9. The molecule has 2 N–H and O–H groups in total. The third-order valence-corrected chi connectivity index (χ3v) is 11.2. The van der Waals surface area contributed by atoms with E-state index in [1.54, 1.807) is 6.92 Å². The first-order chi connectivity index (χ1) is 18.6. The van der Waals surface area contributed by atoms with Gasteiger partial charge in [-0.1, -0.05) is 44.2 Å². The lowest BCUT2D eigenvalue weighted by molar-refractivity contribution is -0.150. The predicted molar refractivity (Wildman–Crippen MR) is 144 cm³/mol. The molecule has 7 heteroatoms. The Morgan fingerprint density at radius 2 is 1.95 bits per heavy atom. The Hall–Kier alpha value is -3.06. The van der Waals surface area contributed by atoms with Crippen LogP contribution in [0, 0.1) is 40.9 Å². The van der Waals surface area contributed by atoms with E-state index in [1.165, 1.54) is 5.57 Å². The van der Waals surface area contributed by atoms with Crippen molar-refractivity contribution in [3.63, 3.8) is 0 Å². The largest absolute Gasteiger partial charge is 0.504 e. The number of rotatable bonds is 2. The maximum Gasteiger partial charge on any atom is 0.235 e. The molecule has 6 aliphatic rings. The normalized spacial score (nSPS) is 45.0. The zero-order chi connectivity index (χ0) is 27.4. The standard InChI is InChI=1S/C32H36N2O5/c1-15-8-7-10-21-29-31(4,39-29)17(3)26-23(12-18-14-33-22-11-6-5-9-19(18)22)34-30(38)32(21,26)24(35)13-20-25(15)16(2)27(36)28(20)37/h5-7,9-11,15,17,20-21,23,25-26,29,36H,8,12-14H2,1-4H3,(H,34,38)/b10-7+/t15-,17-,20+,21-,23-,25-,26-,29-,31+,32+/m0/s1. The zero-order valence-corrected chi connectivity index (χ0v) is 22.9. The van der Waals surface area contributed by atoms with Crippen LogP contribution in [0.1, 0.15) is 47.0 Å². The molecule has 204 valence electrons. The van der Waals surface area contributed by atoms with Crippen molar-refractivity contribution in [1.29, 1.82) is 0 Å². The highest BCUT2D eigenvalue weighted by atomic mass is 16.6. The lowest BCUT2D eigenvalue weighted by Crippen LogP contribution is -2.58. The van der Waals surface area contributed by atoms with Crippen LogP contribution >= 0.6 is 0 Å². The second kappa shape index (κ2) is 8.23. The number of ketones is 2. The Labute approximate surface area is 228 Å². The zero-order valence-electron chi connectivity index (χ0n) is 22.9. The summed E-state index contributed by atoms with van der Waals surface area (Å²) in [5, 5.41) is 16.0. The molecular weight excluding hydrogens is 492 g/mol. The first-order valence-electron chi connectivity index (χ1n) is 14.3. The molecule has 0 radical (unpaired) electrons. The highest BCUT2D eigenvalue weighted by Gasteiger charge is 2.78. The Bertz CT molecular complexity index is 1510. The quantitative estimate of drug-likeness (QED) is 0.349. The van der Waals surface area contributed by atoms with Gasteiger partial charge in [0.25, 0.3) is 0 Å². The van der Waals surface area contributed by atoms with Crippen molar-refractivity contribution in [3.05, 3.63) is 58.3 Å². The van der Waals surface area contributed by atoms with E-state index in [0.717, 1.165) is 10.6 Å². The molecule has 3 fully saturated rings. The molecular formula is C32H36N2O5. The van der Waals surface area contributed by atoms with Gasteiger partial charge in [0.15, 0.2) is 5.76 Å². The average Bonchev–Trinajstić information content (AvgIpc) is 3.21. The van der Waals surface area contributed by atoms with Gasteiger partial charge in [-0.25, -0.2) is 0 Å². The molecule has 1 spiro atoms. The summed E-state index contributed by atoms with van der Waals surface area (Å²) in [6, 6.07) is 7.84. The van der Waals surface area contributed by atoms with E-state index >= 15 is 0 Å². The molecule has 3 aliphatic heterocycles. The van der Waals surface area contributed by atoms with Gasteiger partial charge in [-0.15, -0.1) is 0 Å². The smallest absolute Gasteiger partial charge is 0.235 e. The van der Waals surface area contributed by atoms with Crippen molar-refractivity contribution in [2.75, 3.05) is 6.54 Å². The Morgan fingerprint density at radius 3 is 2.74 bits per heavy atom. The van der Waals surface area contributed by atoms with Crippen molar-refractivity contribution in [2.24, 2.45) is 45.9 Å². The molecule has 39 heavy (non-hydrogen) atoms. The van der Waals surface area contributed by atoms with Crippen LogP contribution in [-0.2, 0) is 19.1 Å². The molecule has 0 unspecified atom stereocenters. The molecule has 3 heterocycles. The van der Waals surface area contributed by atoms with Crippen LogP contribution in [0.4, 0.5) is 0 Å². The van der Waals surface area contributed by atoms with E-state index in [4.69, 9.17) is 9.73 Å². The van der Waals surface area contributed by atoms with Crippen molar-refractivity contribution in [3.8, 4) is 0 Å². The summed E-state index contributed by atoms with van der Waals surface area (Å²) in [6.07, 6.45) is 5.20. The van der Waals surface area contributed by atoms with E-state index in [-0.39, 0.29) is 65.5 Å². The summed E-state index contributed by atoms with van der Waals surface area (Å²) >= 11 is 0. The van der Waals surface area contributed by atoms with Crippen LogP contribution in [0.15, 0.2) is 52.7 Å². The number of amides is 1. The maximum atomic E-state index is 14.7. The molecule has 1 aromatic rings. The van der Waals surface area contributed by atoms with Gasteiger partial charge in [0.1, 0.15) is 11.2 Å². The number of allylic oxidation sites excluding steroid dienone is 3. The lowest BCUT2D eigenvalue weighted by Gasteiger charge is -2.46. The topological polar surface area (TPSA) is 108 Å². The van der Waals surface area contributed by atoms with Gasteiger partial charge in [-0.2, -0.15) is 0 Å². The predicted octanol–water partition coefficient (Wildman–Crippen LogP) is 2.59. The van der Waals surface area contributed by atoms with Crippen LogP contribution in [0.3, 0.4) is 0 Å². The van der Waals surface area contributed by atoms with Gasteiger partial charge in [-0.05, 0) is 61.7 Å². The fraction of sp³-hybridized carbons (Fsp3) is 0.562. The van der Waals surface area contributed by atoms with E-state index < -0.39 is 22.9 Å². The summed E-state index contributed by atoms with van der Waals surface area (Å²) < 4.78 is 6.36. The van der Waals surface area contributed by atoms with E-state index in [0.29, 0.717) is 25.0 Å². The van der Waals surface area contributed by atoms with Crippen molar-refractivity contribution < 1.29 is 24.2 Å². The fourth-order valence-electron chi connectivity index (χ4n) is 9.13. The van der Waals surface area contributed by atoms with Crippen molar-refractivity contribution >= 4 is 23.0 Å². The number of carbonyl (C=O) groups excluding carboxylic acids is 3. The molecule has 1 saturated carbocycles. The number of hydrogen-bond donors (Lipinski definition) is 2. The third-order valence-electron chi connectivity index (χ3n) is 11.2. The van der Waals surface area contributed by atoms with Crippen LogP contribution < -0.4 is 15.9 Å². The summed E-state index contributed by atoms with van der Waals surface area (Å²) in [4.78, 5) is 46.8. The van der Waals surface area contributed by atoms with Crippen molar-refractivity contribution in [2.45, 2.75) is 64.7 Å². The second-order valence-corrected chi connectivity index (χ2v) is 12.9. The van der Waals surface area contributed by atoms with Gasteiger partial charge in [0.05, 0.1) is 23.6 Å². The number of hydrogen-bond acceptors (Lipinski definition) is 6. The van der Waals surface area contributed by atoms with E-state index in [2.05, 4.69) is 44.3 Å². The molecule has 7 nitrogen and oxygen atoms in total. The lowest BCUT2D eigenvalue weighted by atomic mass is 9.50. The SMILES string of the molecule is CC1=C(O)C(=O)[C@@H]2CC(=O)[C@@]34C(=O)N[C@@H](CC5=c6ccccc6=NC5)[C@@H]3[C@H](C)[C@@]3(C)O[C@H]3[C@@H]4/C=C/C[C@H](C)[C@@H]12. The van der Waals surface area contributed by atoms with E-state index in [1.807, 2.05) is 18.2 Å². The van der Waals surface area contributed by atoms with Gasteiger partial charge in [0.2, 0.25) is 11.7 Å². The minimum absolute atomic E-state index is 0.0406. The second-order valence-electron chi connectivity index (χ2n) is 12.9. The monoisotopic (exact) mass is 528 g/mol. The highest BCUT2D eigenvalue weighted by Crippen LogP contribution is 2.66. The molecule has 1 amide bonds. The van der Waals surface area contributed by atoms with Gasteiger partial charge >= 0.3 is 0 Å². The number of carbonyl (C=O) groups is 3. The molecule has 2 saturated heterocycles. The Balaban J connectivity index is 1.35. The van der Waals surface area contributed by atoms with Crippen LogP contribution in [0.25, 0.3) is 5.57 Å². The number of nitrogens with zero attached hydrogens (tertiary/aromatic N) is 1. The molecule has 7 rings (SSSR count). The Kier molecular flexibility index (Phi) is 5.26. The van der Waals surface area contributed by atoms with Crippen molar-refractivity contribution in [1.82, 2.24) is 5.32 Å². The van der Waals surface area contributed by atoms with Gasteiger partial charge in [0, 0.05) is 35.4 Å². The number of fused-ring (bicyclic) bond motifs is 4. The summed E-state index contributed by atoms with van der Waals surface area (Å²) in [7, 11) is 0. The van der Waals surface area contributed by atoms with Crippen LogP contribution in [0.2, 0.25) is 0 Å². The number of para-hydroxylation sites is 1. The average molecular weight is 529 g/mol. The highest BCUT2D eigenvalue weighted by molar-refractivity contribution is 6.11. The minimum Gasteiger partial charge on any atom is -0.504 e. The minimum atomic E-state index is -1.31.